The van der Waals surface area contributed by atoms with Crippen LogP contribution < -0.4 is 20.1 Å². The summed E-state index contributed by atoms with van der Waals surface area (Å²) in [5.74, 6) is 3.74. The summed E-state index contributed by atoms with van der Waals surface area (Å²) < 4.78 is 11.0. The first kappa shape index (κ1) is 25.4. The summed E-state index contributed by atoms with van der Waals surface area (Å²) in [6.07, 6.45) is 0. The van der Waals surface area contributed by atoms with E-state index in [4.69, 9.17) is 14.5 Å². The molecule has 9 heteroatoms. The summed E-state index contributed by atoms with van der Waals surface area (Å²) >= 11 is 0. The number of ether oxygens (including phenoxy) is 2. The topological polar surface area (TPSA) is 96.5 Å². The van der Waals surface area contributed by atoms with Gasteiger partial charge >= 0.3 is 0 Å². The van der Waals surface area contributed by atoms with E-state index < -0.39 is 0 Å². The predicted molar refractivity (Wildman–Crippen MR) is 138 cm³/mol. The quantitative estimate of drug-likeness (QED) is 0.211. The number of benzene rings is 2. The number of rotatable bonds is 9. The summed E-state index contributed by atoms with van der Waals surface area (Å²) in [4.78, 5) is 9.26. The van der Waals surface area contributed by atoms with Gasteiger partial charge in [-0.2, -0.15) is 5.10 Å². The van der Waals surface area contributed by atoms with Crippen molar-refractivity contribution < 1.29 is 9.47 Å². The van der Waals surface area contributed by atoms with E-state index in [0.717, 1.165) is 35.0 Å². The third-order valence-electron chi connectivity index (χ3n) is 4.58. The predicted octanol–water partition coefficient (Wildman–Crippen LogP) is 4.06. The number of hydrogen-bond donors (Lipinski definition) is 3. The van der Waals surface area contributed by atoms with E-state index >= 15 is 0 Å². The highest BCUT2D eigenvalue weighted by atomic mass is 127. The van der Waals surface area contributed by atoms with Gasteiger partial charge in [-0.1, -0.05) is 12.1 Å². The molecule has 0 unspecified atom stereocenters. The third-order valence-corrected chi connectivity index (χ3v) is 4.58. The minimum atomic E-state index is 0. The van der Waals surface area contributed by atoms with Crippen molar-refractivity contribution in [3.8, 4) is 22.9 Å². The molecule has 0 saturated carbocycles. The SMILES string of the molecule is CCNC(=NCc1ccc(C)cc1OCC)NCc1nc(-c2ccc(OC)cc2)n[nH]1.I. The Hall–Kier alpha value is -2.82. The lowest BCUT2D eigenvalue weighted by atomic mass is 10.1. The van der Waals surface area contributed by atoms with Crippen LogP contribution in [0.4, 0.5) is 0 Å². The smallest absolute Gasteiger partial charge is 0.191 e. The van der Waals surface area contributed by atoms with Gasteiger partial charge < -0.3 is 20.1 Å². The molecule has 3 rings (SSSR count). The Morgan fingerprint density at radius 3 is 2.56 bits per heavy atom. The molecular weight excluding hydrogens is 519 g/mol. The zero-order chi connectivity index (χ0) is 22.1. The molecule has 0 fully saturated rings. The average Bonchev–Trinajstić information content (AvgIpc) is 3.26. The van der Waals surface area contributed by atoms with E-state index in [1.807, 2.05) is 44.2 Å². The molecule has 0 saturated heterocycles. The number of aliphatic imine (C=N–C) groups is 1. The molecule has 0 aliphatic heterocycles. The van der Waals surface area contributed by atoms with Crippen LogP contribution in [0.1, 0.15) is 30.8 Å². The van der Waals surface area contributed by atoms with Crippen molar-refractivity contribution in [3.63, 3.8) is 0 Å². The number of aromatic amines is 1. The summed E-state index contributed by atoms with van der Waals surface area (Å²) in [5, 5.41) is 13.8. The normalized spacial score (nSPS) is 10.9. The van der Waals surface area contributed by atoms with Gasteiger partial charge in [-0.25, -0.2) is 9.98 Å². The Labute approximate surface area is 206 Å². The number of aromatic nitrogens is 3. The van der Waals surface area contributed by atoms with E-state index in [2.05, 4.69) is 44.9 Å². The van der Waals surface area contributed by atoms with Crippen LogP contribution >= 0.6 is 24.0 Å². The van der Waals surface area contributed by atoms with Crippen LogP contribution in [0.2, 0.25) is 0 Å². The van der Waals surface area contributed by atoms with Crippen LogP contribution in [-0.2, 0) is 13.1 Å². The molecule has 0 spiro atoms. The monoisotopic (exact) mass is 550 g/mol. The Balaban J connectivity index is 0.00000363. The van der Waals surface area contributed by atoms with Crippen LogP contribution in [-0.4, -0.2) is 41.4 Å². The minimum absolute atomic E-state index is 0. The molecule has 32 heavy (non-hydrogen) atoms. The second kappa shape index (κ2) is 12.9. The number of guanidine groups is 1. The Bertz CT molecular complexity index is 1000. The van der Waals surface area contributed by atoms with E-state index in [0.29, 0.717) is 31.5 Å². The van der Waals surface area contributed by atoms with Crippen LogP contribution in [0.5, 0.6) is 11.5 Å². The van der Waals surface area contributed by atoms with Gasteiger partial charge in [-0.3, -0.25) is 5.10 Å². The number of halogens is 1. The van der Waals surface area contributed by atoms with Gasteiger partial charge in [0, 0.05) is 17.7 Å². The highest BCUT2D eigenvalue weighted by Gasteiger charge is 2.08. The minimum Gasteiger partial charge on any atom is -0.497 e. The first-order valence-electron chi connectivity index (χ1n) is 10.4. The van der Waals surface area contributed by atoms with Gasteiger partial charge in [0.2, 0.25) is 0 Å². The maximum atomic E-state index is 5.76. The highest BCUT2D eigenvalue weighted by Crippen LogP contribution is 2.21. The molecule has 172 valence electrons. The van der Waals surface area contributed by atoms with Crippen LogP contribution in [0.15, 0.2) is 47.5 Å². The lowest BCUT2D eigenvalue weighted by Gasteiger charge is -2.12. The fraction of sp³-hybridized carbons (Fsp3) is 0.348. The second-order valence-electron chi connectivity index (χ2n) is 6.93. The molecule has 0 radical (unpaired) electrons. The van der Waals surface area contributed by atoms with Gasteiger partial charge in [0.05, 0.1) is 26.8 Å². The fourth-order valence-corrected chi connectivity index (χ4v) is 3.00. The van der Waals surface area contributed by atoms with Crippen molar-refractivity contribution in [2.45, 2.75) is 33.9 Å². The molecule has 0 aliphatic rings. The Morgan fingerprint density at radius 2 is 1.88 bits per heavy atom. The maximum Gasteiger partial charge on any atom is 0.191 e. The largest absolute Gasteiger partial charge is 0.497 e. The molecule has 0 aliphatic carbocycles. The van der Waals surface area contributed by atoms with Crippen molar-refractivity contribution in [1.82, 2.24) is 25.8 Å². The summed E-state index contributed by atoms with van der Waals surface area (Å²) in [6, 6.07) is 13.8. The van der Waals surface area contributed by atoms with Crippen molar-refractivity contribution in [3.05, 3.63) is 59.4 Å². The number of nitrogens with one attached hydrogen (secondary N) is 3. The zero-order valence-electron chi connectivity index (χ0n) is 18.9. The Kier molecular flexibility index (Phi) is 10.3. The number of nitrogens with zero attached hydrogens (tertiary/aromatic N) is 3. The zero-order valence-corrected chi connectivity index (χ0v) is 21.3. The van der Waals surface area contributed by atoms with Gasteiger partial charge in [-0.15, -0.1) is 24.0 Å². The van der Waals surface area contributed by atoms with Crippen LogP contribution in [0.3, 0.4) is 0 Å². The van der Waals surface area contributed by atoms with Gasteiger partial charge in [0.1, 0.15) is 17.3 Å². The highest BCUT2D eigenvalue weighted by molar-refractivity contribution is 14.0. The molecule has 0 amide bonds. The molecule has 3 aromatic rings. The van der Waals surface area contributed by atoms with E-state index in [9.17, 15) is 0 Å². The standard InChI is InChI=1S/C23H30N6O2.HI/c1-5-24-23(25-14-18-8-7-16(3)13-20(18)31-6-2)26-15-21-27-22(29-28-21)17-9-11-19(30-4)12-10-17;/h7-13H,5-6,14-15H2,1-4H3,(H2,24,25,26)(H,27,28,29);1H. The van der Waals surface area contributed by atoms with E-state index in [1.165, 1.54) is 5.56 Å². The van der Waals surface area contributed by atoms with Gasteiger partial charge in [0.15, 0.2) is 11.8 Å². The molecule has 8 nitrogen and oxygen atoms in total. The van der Waals surface area contributed by atoms with E-state index in [1.54, 1.807) is 7.11 Å². The number of methoxy groups -OCH3 is 1. The molecule has 0 atom stereocenters. The van der Waals surface area contributed by atoms with Crippen molar-refractivity contribution in [2.24, 2.45) is 4.99 Å². The molecule has 0 bridgehead atoms. The first-order chi connectivity index (χ1) is 15.1. The third kappa shape index (κ3) is 7.11. The maximum absolute atomic E-state index is 5.76. The van der Waals surface area contributed by atoms with Crippen molar-refractivity contribution >= 4 is 29.9 Å². The van der Waals surface area contributed by atoms with Gasteiger partial charge in [0.25, 0.3) is 0 Å². The average molecular weight is 550 g/mol. The van der Waals surface area contributed by atoms with Crippen molar-refractivity contribution in [2.75, 3.05) is 20.3 Å². The summed E-state index contributed by atoms with van der Waals surface area (Å²) in [6.45, 7) is 8.44. The number of aryl methyl sites for hydroxylation is 1. The Morgan fingerprint density at radius 1 is 1.09 bits per heavy atom. The summed E-state index contributed by atoms with van der Waals surface area (Å²) in [7, 11) is 1.64. The molecule has 2 aromatic carbocycles. The van der Waals surface area contributed by atoms with E-state index in [-0.39, 0.29) is 24.0 Å². The molecule has 3 N–H and O–H groups in total. The summed E-state index contributed by atoms with van der Waals surface area (Å²) in [5.41, 5.74) is 3.14. The lowest BCUT2D eigenvalue weighted by Crippen LogP contribution is -2.37. The van der Waals surface area contributed by atoms with Gasteiger partial charge in [-0.05, 0) is 56.7 Å². The first-order valence-corrected chi connectivity index (χ1v) is 10.4. The molecular formula is C23H31IN6O2. The molecule has 1 heterocycles. The number of H-pyrrole nitrogens is 1. The van der Waals surface area contributed by atoms with Crippen LogP contribution in [0, 0.1) is 6.92 Å². The van der Waals surface area contributed by atoms with Crippen molar-refractivity contribution in [1.29, 1.82) is 0 Å². The lowest BCUT2D eigenvalue weighted by molar-refractivity contribution is 0.336. The van der Waals surface area contributed by atoms with Crippen LogP contribution in [0.25, 0.3) is 11.4 Å². The second-order valence-corrected chi connectivity index (χ2v) is 6.93. The fourth-order valence-electron chi connectivity index (χ4n) is 3.00. The number of hydrogen-bond acceptors (Lipinski definition) is 5. The molecule has 1 aromatic heterocycles.